The minimum Gasteiger partial charge on any atom is -0.310 e. The topological polar surface area (TPSA) is 6.48 Å². The van der Waals surface area contributed by atoms with Crippen molar-refractivity contribution >= 4 is 66.4 Å². The van der Waals surface area contributed by atoms with Crippen molar-refractivity contribution in [3.63, 3.8) is 0 Å². The van der Waals surface area contributed by atoms with Crippen LogP contribution in [0.25, 0.3) is 32.3 Å². The van der Waals surface area contributed by atoms with Crippen LogP contribution in [0.4, 0.5) is 34.1 Å². The molecule has 0 spiro atoms. The summed E-state index contributed by atoms with van der Waals surface area (Å²) in [6, 6.07) is 54.0. The standard InChI is InChI=1S/C48H44N2/c1-31(2)43-29-45(49(35-13-9-7-10-14-35)37-21-17-33(5)18-22-37)41-28-26-40-44(32(3)4)30-46(42-27-25-39(43)47(41)48(40)42)50(36-15-11-8-12-16-36)38-23-19-34(6)20-24-38/h7-32H,1-6H3. The zero-order chi connectivity index (χ0) is 34.5. The SMILES string of the molecule is Cc1ccc(N(c2ccccc2)c2cc(C(C)C)c3ccc4c(N(c5ccccc5)c5ccc(C)cc5)cc(C(C)C)c5ccc2c3c54)cc1. The van der Waals surface area contributed by atoms with Crippen LogP contribution >= 0.6 is 0 Å². The molecule has 0 heterocycles. The smallest absolute Gasteiger partial charge is 0.0543 e. The Morgan fingerprint density at radius 1 is 0.360 bits per heavy atom. The van der Waals surface area contributed by atoms with Crippen molar-refractivity contribution in [2.45, 2.75) is 53.4 Å². The van der Waals surface area contributed by atoms with E-state index in [0.29, 0.717) is 11.8 Å². The molecule has 0 atom stereocenters. The number of rotatable bonds is 8. The van der Waals surface area contributed by atoms with Crippen molar-refractivity contribution in [3.8, 4) is 0 Å². The normalized spacial score (nSPS) is 11.8. The lowest BCUT2D eigenvalue weighted by molar-refractivity contribution is 0.875. The summed E-state index contributed by atoms with van der Waals surface area (Å²) < 4.78 is 0. The van der Waals surface area contributed by atoms with E-state index in [-0.39, 0.29) is 0 Å². The molecular weight excluding hydrogens is 605 g/mol. The van der Waals surface area contributed by atoms with Crippen LogP contribution in [0.3, 0.4) is 0 Å². The first-order valence-corrected chi connectivity index (χ1v) is 17.9. The van der Waals surface area contributed by atoms with Gasteiger partial charge in [0.25, 0.3) is 0 Å². The van der Waals surface area contributed by atoms with E-state index in [2.05, 4.69) is 197 Å². The molecule has 50 heavy (non-hydrogen) atoms. The zero-order valence-corrected chi connectivity index (χ0v) is 29.9. The molecule has 0 fully saturated rings. The van der Waals surface area contributed by atoms with E-state index >= 15 is 0 Å². The largest absolute Gasteiger partial charge is 0.310 e. The zero-order valence-electron chi connectivity index (χ0n) is 29.9. The number of hydrogen-bond donors (Lipinski definition) is 0. The molecule has 0 aliphatic carbocycles. The van der Waals surface area contributed by atoms with Gasteiger partial charge in [-0.15, -0.1) is 0 Å². The summed E-state index contributed by atoms with van der Waals surface area (Å²) >= 11 is 0. The second kappa shape index (κ2) is 12.7. The van der Waals surface area contributed by atoms with Gasteiger partial charge in [-0.25, -0.2) is 0 Å². The Morgan fingerprint density at radius 3 is 1.02 bits per heavy atom. The van der Waals surface area contributed by atoms with Crippen molar-refractivity contribution in [2.75, 3.05) is 9.80 Å². The van der Waals surface area contributed by atoms with Gasteiger partial charge in [-0.2, -0.15) is 0 Å². The highest BCUT2D eigenvalue weighted by Crippen LogP contribution is 2.50. The first-order chi connectivity index (χ1) is 24.3. The number of aryl methyl sites for hydroxylation is 2. The summed E-state index contributed by atoms with van der Waals surface area (Å²) in [5.41, 5.74) is 12.3. The summed E-state index contributed by atoms with van der Waals surface area (Å²) in [6.45, 7) is 13.6. The Morgan fingerprint density at radius 2 is 0.680 bits per heavy atom. The maximum atomic E-state index is 2.45. The monoisotopic (exact) mass is 648 g/mol. The molecular formula is C48H44N2. The lowest BCUT2D eigenvalue weighted by Crippen LogP contribution is -2.13. The fourth-order valence-electron chi connectivity index (χ4n) is 7.73. The fourth-order valence-corrected chi connectivity index (χ4v) is 7.73. The van der Waals surface area contributed by atoms with Gasteiger partial charge in [0.2, 0.25) is 0 Å². The fraction of sp³-hybridized carbons (Fsp3) is 0.167. The van der Waals surface area contributed by atoms with Crippen molar-refractivity contribution in [1.29, 1.82) is 0 Å². The van der Waals surface area contributed by atoms with Crippen LogP contribution in [0.2, 0.25) is 0 Å². The molecule has 0 bridgehead atoms. The summed E-state index contributed by atoms with van der Waals surface area (Å²) in [5, 5.41) is 7.88. The lowest BCUT2D eigenvalue weighted by Gasteiger charge is -2.31. The van der Waals surface area contributed by atoms with Crippen LogP contribution < -0.4 is 9.80 Å². The maximum absolute atomic E-state index is 2.45. The highest BCUT2D eigenvalue weighted by molar-refractivity contribution is 6.29. The summed E-state index contributed by atoms with van der Waals surface area (Å²) in [4.78, 5) is 4.90. The lowest BCUT2D eigenvalue weighted by atomic mass is 9.84. The molecule has 0 radical (unpaired) electrons. The summed E-state index contributed by atoms with van der Waals surface area (Å²) in [7, 11) is 0. The molecule has 2 heteroatoms. The third-order valence-electron chi connectivity index (χ3n) is 10.3. The molecule has 0 N–H and O–H groups in total. The highest BCUT2D eigenvalue weighted by atomic mass is 15.1. The molecule has 8 aromatic carbocycles. The van der Waals surface area contributed by atoms with Crippen molar-refractivity contribution in [2.24, 2.45) is 0 Å². The van der Waals surface area contributed by atoms with Gasteiger partial charge >= 0.3 is 0 Å². The van der Waals surface area contributed by atoms with Crippen molar-refractivity contribution in [3.05, 3.63) is 168 Å². The number of benzene rings is 8. The maximum Gasteiger partial charge on any atom is 0.0543 e. The first kappa shape index (κ1) is 31.7. The predicted octanol–water partition coefficient (Wildman–Crippen LogP) is 14.4. The number of para-hydroxylation sites is 2. The van der Waals surface area contributed by atoms with Gasteiger partial charge in [0.1, 0.15) is 0 Å². The molecule has 0 aliphatic heterocycles. The van der Waals surface area contributed by atoms with Crippen LogP contribution in [0.15, 0.2) is 146 Å². The van der Waals surface area contributed by atoms with E-state index in [1.165, 1.54) is 65.9 Å². The van der Waals surface area contributed by atoms with Crippen LogP contribution in [0.1, 0.15) is 61.8 Å². The van der Waals surface area contributed by atoms with Gasteiger partial charge < -0.3 is 9.80 Å². The van der Waals surface area contributed by atoms with Gasteiger partial charge in [-0.3, -0.25) is 0 Å². The number of anilines is 6. The van der Waals surface area contributed by atoms with Gasteiger partial charge in [0.05, 0.1) is 11.4 Å². The highest BCUT2D eigenvalue weighted by Gasteiger charge is 2.25. The molecule has 0 aliphatic rings. The number of hydrogen-bond acceptors (Lipinski definition) is 2. The second-order valence-corrected chi connectivity index (χ2v) is 14.4. The molecule has 8 aromatic rings. The average Bonchev–Trinajstić information content (AvgIpc) is 3.13. The molecule has 0 unspecified atom stereocenters. The van der Waals surface area contributed by atoms with E-state index < -0.39 is 0 Å². The minimum absolute atomic E-state index is 0.339. The molecule has 0 amide bonds. The van der Waals surface area contributed by atoms with Gasteiger partial charge in [0.15, 0.2) is 0 Å². The molecule has 8 rings (SSSR count). The van der Waals surface area contributed by atoms with Crippen molar-refractivity contribution in [1.82, 2.24) is 0 Å². The van der Waals surface area contributed by atoms with Crippen molar-refractivity contribution < 1.29 is 0 Å². The van der Waals surface area contributed by atoms with E-state index in [9.17, 15) is 0 Å². The van der Waals surface area contributed by atoms with Gasteiger partial charge in [-0.1, -0.05) is 124 Å². The van der Waals surface area contributed by atoms with Crippen LogP contribution in [0, 0.1) is 13.8 Å². The van der Waals surface area contributed by atoms with Crippen LogP contribution in [-0.2, 0) is 0 Å². The molecule has 2 nitrogen and oxygen atoms in total. The first-order valence-electron chi connectivity index (χ1n) is 17.9. The third kappa shape index (κ3) is 5.36. The predicted molar refractivity (Wildman–Crippen MR) is 217 cm³/mol. The summed E-state index contributed by atoms with van der Waals surface area (Å²) in [6.07, 6.45) is 0. The Kier molecular flexibility index (Phi) is 8.04. The minimum atomic E-state index is 0.339. The van der Waals surface area contributed by atoms with Gasteiger partial charge in [-0.05, 0) is 119 Å². The van der Waals surface area contributed by atoms with Crippen LogP contribution in [-0.4, -0.2) is 0 Å². The van der Waals surface area contributed by atoms with Gasteiger partial charge in [0, 0.05) is 33.5 Å². The van der Waals surface area contributed by atoms with Crippen LogP contribution in [0.5, 0.6) is 0 Å². The Bertz CT molecular complexity index is 2250. The van der Waals surface area contributed by atoms with E-state index in [4.69, 9.17) is 0 Å². The van der Waals surface area contributed by atoms with E-state index in [1.54, 1.807) is 0 Å². The molecule has 0 saturated heterocycles. The Labute approximate surface area is 296 Å². The molecule has 0 saturated carbocycles. The van der Waals surface area contributed by atoms with E-state index in [0.717, 1.165) is 22.7 Å². The molecule has 246 valence electrons. The average molecular weight is 649 g/mol. The number of nitrogens with zero attached hydrogens (tertiary/aromatic N) is 2. The molecule has 0 aromatic heterocycles. The Hall–Kier alpha value is -5.60. The quantitative estimate of drug-likeness (QED) is 0.151. The summed E-state index contributed by atoms with van der Waals surface area (Å²) in [5.74, 6) is 0.678. The third-order valence-corrected chi connectivity index (χ3v) is 10.3. The second-order valence-electron chi connectivity index (χ2n) is 14.4. The Balaban J connectivity index is 1.51. The van der Waals surface area contributed by atoms with E-state index in [1.807, 2.05) is 0 Å².